The Morgan fingerprint density at radius 2 is 1.74 bits per heavy atom. The molecule has 0 saturated carbocycles. The number of benzene rings is 1. The lowest BCUT2D eigenvalue weighted by Gasteiger charge is -2.37. The molecule has 0 bridgehead atoms. The van der Waals surface area contributed by atoms with Gasteiger partial charge < -0.3 is 10.1 Å². The fourth-order valence-corrected chi connectivity index (χ4v) is 4.71. The molecule has 9 nitrogen and oxygen atoms in total. The van der Waals surface area contributed by atoms with Crippen molar-refractivity contribution in [2.45, 2.75) is 17.9 Å². The third kappa shape index (κ3) is 3.92. The summed E-state index contributed by atoms with van der Waals surface area (Å²) in [7, 11) is -2.06. The van der Waals surface area contributed by atoms with E-state index in [1.165, 1.54) is 28.4 Å². The summed E-state index contributed by atoms with van der Waals surface area (Å²) in [4.78, 5) is 27.5. The van der Waals surface area contributed by atoms with Crippen molar-refractivity contribution in [3.63, 3.8) is 0 Å². The van der Waals surface area contributed by atoms with Crippen LogP contribution < -0.4 is 10.1 Å². The van der Waals surface area contributed by atoms with Gasteiger partial charge in [0.05, 0.1) is 18.0 Å². The average molecular weight is 396 g/mol. The maximum absolute atomic E-state index is 12.8. The van der Waals surface area contributed by atoms with Gasteiger partial charge in [-0.1, -0.05) is 0 Å². The van der Waals surface area contributed by atoms with Gasteiger partial charge in [0.2, 0.25) is 15.9 Å². The van der Waals surface area contributed by atoms with Crippen LogP contribution in [0.1, 0.15) is 6.92 Å². The van der Waals surface area contributed by atoms with Gasteiger partial charge in [0.25, 0.3) is 0 Å². The summed E-state index contributed by atoms with van der Waals surface area (Å²) in [6.07, 6.45) is 0. The summed E-state index contributed by atoms with van der Waals surface area (Å²) in [6.45, 7) is 4.02. The number of carbonyl (C=O) groups excluding carboxylic acids is 2. The summed E-state index contributed by atoms with van der Waals surface area (Å²) >= 11 is 0. The molecule has 1 N–H and O–H groups in total. The molecule has 0 radical (unpaired) electrons. The summed E-state index contributed by atoms with van der Waals surface area (Å²) in [5, 5.41) is 2.61. The molecule has 0 aromatic heterocycles. The monoisotopic (exact) mass is 396 g/mol. The molecule has 27 heavy (non-hydrogen) atoms. The van der Waals surface area contributed by atoms with Gasteiger partial charge in [-0.15, -0.1) is 0 Å². The molecule has 0 spiro atoms. The number of nitrogens with one attached hydrogen (secondary N) is 1. The normalized spacial score (nSPS) is 20.4. The Morgan fingerprint density at radius 3 is 2.26 bits per heavy atom. The number of sulfonamides is 1. The molecule has 2 saturated heterocycles. The fraction of sp³-hybridized carbons (Fsp3) is 0.529. The lowest BCUT2D eigenvalue weighted by atomic mass is 10.2. The molecular weight excluding hydrogens is 372 g/mol. The highest BCUT2D eigenvalue weighted by atomic mass is 32.2. The van der Waals surface area contributed by atoms with Crippen LogP contribution in [-0.2, 0) is 14.8 Å². The van der Waals surface area contributed by atoms with Crippen LogP contribution in [0.2, 0.25) is 0 Å². The van der Waals surface area contributed by atoms with Gasteiger partial charge >= 0.3 is 6.03 Å². The van der Waals surface area contributed by atoms with Gasteiger partial charge in [0.15, 0.2) is 0 Å². The Morgan fingerprint density at radius 1 is 1.11 bits per heavy atom. The SMILES string of the molecule is COc1ccc(S(=O)(=O)N2CCN([C@H](C)C(=O)N3CCNC3=O)CC2)cc1. The van der Waals surface area contributed by atoms with Crippen LogP contribution in [0.25, 0.3) is 0 Å². The van der Waals surface area contributed by atoms with Gasteiger partial charge in [-0.25, -0.2) is 13.2 Å². The maximum atomic E-state index is 12.8. The molecule has 2 heterocycles. The van der Waals surface area contributed by atoms with Gasteiger partial charge in [-0.3, -0.25) is 14.6 Å². The maximum Gasteiger partial charge on any atom is 0.324 e. The minimum absolute atomic E-state index is 0.217. The van der Waals surface area contributed by atoms with Gasteiger partial charge in [0.1, 0.15) is 5.75 Å². The first kappa shape index (κ1) is 19.6. The van der Waals surface area contributed by atoms with E-state index in [9.17, 15) is 18.0 Å². The van der Waals surface area contributed by atoms with E-state index in [-0.39, 0.29) is 29.9 Å². The smallest absolute Gasteiger partial charge is 0.324 e. The Bertz CT molecular complexity index is 803. The number of imide groups is 1. The highest BCUT2D eigenvalue weighted by molar-refractivity contribution is 7.89. The lowest BCUT2D eigenvalue weighted by molar-refractivity contribution is -0.133. The lowest BCUT2D eigenvalue weighted by Crippen LogP contribution is -2.55. The number of amides is 3. The number of hydrogen-bond donors (Lipinski definition) is 1. The van der Waals surface area contributed by atoms with Crippen molar-refractivity contribution < 1.29 is 22.7 Å². The molecule has 1 aromatic rings. The molecule has 1 aromatic carbocycles. The van der Waals surface area contributed by atoms with Crippen molar-refractivity contribution in [2.75, 3.05) is 46.4 Å². The summed E-state index contributed by atoms with van der Waals surface area (Å²) in [5.41, 5.74) is 0. The van der Waals surface area contributed by atoms with Crippen molar-refractivity contribution in [2.24, 2.45) is 0 Å². The summed E-state index contributed by atoms with van der Waals surface area (Å²) < 4.78 is 32.1. The second-order valence-electron chi connectivity index (χ2n) is 6.51. The van der Waals surface area contributed by atoms with E-state index in [0.717, 1.165) is 0 Å². The predicted octanol–water partition coefficient (Wildman–Crippen LogP) is -0.0582. The van der Waals surface area contributed by atoms with Crippen molar-refractivity contribution in [1.82, 2.24) is 19.4 Å². The zero-order valence-corrected chi connectivity index (χ0v) is 16.2. The van der Waals surface area contributed by atoms with Crippen LogP contribution in [0, 0.1) is 0 Å². The minimum atomic E-state index is -3.59. The van der Waals surface area contributed by atoms with E-state index in [2.05, 4.69) is 5.32 Å². The molecular formula is C17H24N4O5S. The Balaban J connectivity index is 1.62. The summed E-state index contributed by atoms with van der Waals surface area (Å²) in [6, 6.07) is 5.44. The Kier molecular flexibility index (Phi) is 5.68. The van der Waals surface area contributed by atoms with E-state index in [1.54, 1.807) is 19.1 Å². The van der Waals surface area contributed by atoms with Crippen molar-refractivity contribution in [1.29, 1.82) is 0 Å². The second-order valence-corrected chi connectivity index (χ2v) is 8.45. The minimum Gasteiger partial charge on any atom is -0.497 e. The number of hydrogen-bond acceptors (Lipinski definition) is 6. The molecule has 2 aliphatic heterocycles. The molecule has 0 unspecified atom stereocenters. The molecule has 3 amide bonds. The van der Waals surface area contributed by atoms with E-state index in [4.69, 9.17) is 4.74 Å². The highest BCUT2D eigenvalue weighted by Gasteiger charge is 2.35. The van der Waals surface area contributed by atoms with Crippen molar-refractivity contribution in [3.05, 3.63) is 24.3 Å². The van der Waals surface area contributed by atoms with E-state index >= 15 is 0 Å². The molecule has 2 fully saturated rings. The van der Waals surface area contributed by atoms with E-state index in [0.29, 0.717) is 31.9 Å². The van der Waals surface area contributed by atoms with E-state index < -0.39 is 16.1 Å². The van der Waals surface area contributed by atoms with Crippen LogP contribution in [0.15, 0.2) is 29.2 Å². The first-order chi connectivity index (χ1) is 12.8. The molecule has 10 heteroatoms. The van der Waals surface area contributed by atoms with Crippen LogP contribution in [0.3, 0.4) is 0 Å². The summed E-state index contributed by atoms with van der Waals surface area (Å²) in [5.74, 6) is 0.341. The zero-order chi connectivity index (χ0) is 19.6. The number of rotatable bonds is 5. The number of methoxy groups -OCH3 is 1. The quantitative estimate of drug-likeness (QED) is 0.749. The first-order valence-corrected chi connectivity index (χ1v) is 10.3. The molecule has 0 aliphatic carbocycles. The van der Waals surface area contributed by atoms with Crippen LogP contribution in [0.5, 0.6) is 5.75 Å². The largest absolute Gasteiger partial charge is 0.497 e. The van der Waals surface area contributed by atoms with Gasteiger partial charge in [-0.05, 0) is 31.2 Å². The van der Waals surface area contributed by atoms with Crippen molar-refractivity contribution >= 4 is 22.0 Å². The standard InChI is InChI=1S/C17H24N4O5S/c1-13(16(22)21-8-7-18-17(21)23)19-9-11-20(12-10-19)27(24,25)15-5-3-14(26-2)4-6-15/h3-6,13H,7-12H2,1-2H3,(H,18,23)/t13-/m1/s1. The number of urea groups is 1. The third-order valence-corrected chi connectivity index (χ3v) is 6.91. The first-order valence-electron chi connectivity index (χ1n) is 8.82. The van der Waals surface area contributed by atoms with Gasteiger partial charge in [0, 0.05) is 39.3 Å². The number of carbonyl (C=O) groups is 2. The average Bonchev–Trinajstić information content (AvgIpc) is 3.12. The third-order valence-electron chi connectivity index (χ3n) is 5.00. The molecule has 3 rings (SSSR count). The highest BCUT2D eigenvalue weighted by Crippen LogP contribution is 2.21. The van der Waals surface area contributed by atoms with E-state index in [1.807, 2.05) is 4.90 Å². The van der Waals surface area contributed by atoms with Crippen molar-refractivity contribution in [3.8, 4) is 5.75 Å². The number of ether oxygens (including phenoxy) is 1. The predicted molar refractivity (Wildman–Crippen MR) is 97.9 cm³/mol. The van der Waals surface area contributed by atoms with Crippen LogP contribution in [0.4, 0.5) is 4.79 Å². The Labute approximate surface area is 158 Å². The molecule has 148 valence electrons. The number of nitrogens with zero attached hydrogens (tertiary/aromatic N) is 3. The zero-order valence-electron chi connectivity index (χ0n) is 15.4. The topological polar surface area (TPSA) is 99.3 Å². The van der Waals surface area contributed by atoms with Crippen LogP contribution >= 0.6 is 0 Å². The molecule has 1 atom stereocenters. The number of piperazine rings is 1. The molecule has 2 aliphatic rings. The Hall–Kier alpha value is -2.17. The van der Waals surface area contributed by atoms with Gasteiger partial charge in [-0.2, -0.15) is 4.31 Å². The van der Waals surface area contributed by atoms with Crippen LogP contribution in [-0.4, -0.2) is 86.9 Å². The second kappa shape index (κ2) is 7.83. The fourth-order valence-electron chi connectivity index (χ4n) is 3.29.